The van der Waals surface area contributed by atoms with Crippen LogP contribution in [0.4, 0.5) is 35.3 Å². The van der Waals surface area contributed by atoms with Crippen molar-refractivity contribution in [1.29, 1.82) is 0 Å². The molecule has 4 rings (SSSR count). The van der Waals surface area contributed by atoms with E-state index in [1.807, 2.05) is 12.1 Å². The summed E-state index contributed by atoms with van der Waals surface area (Å²) >= 11 is 0. The molecule has 1 aromatic heterocycles. The van der Waals surface area contributed by atoms with E-state index >= 15 is 0 Å². The zero-order valence-corrected chi connectivity index (χ0v) is 23.5. The summed E-state index contributed by atoms with van der Waals surface area (Å²) in [6.45, 7) is 14.5. The van der Waals surface area contributed by atoms with Crippen LogP contribution in [0.1, 0.15) is 73.8 Å². The number of halogens is 3. The molecule has 0 radical (unpaired) electrons. The Morgan fingerprint density at radius 3 is 2.13 bits per heavy atom. The molecule has 0 aliphatic heterocycles. The third-order valence-corrected chi connectivity index (χ3v) is 6.58. The first-order valence-electron chi connectivity index (χ1n) is 13.0. The molecule has 0 bridgehead atoms. The van der Waals surface area contributed by atoms with Crippen LogP contribution in [0.2, 0.25) is 0 Å². The van der Waals surface area contributed by atoms with Gasteiger partial charge in [0.2, 0.25) is 5.95 Å². The number of rotatable bonds is 5. The van der Waals surface area contributed by atoms with Gasteiger partial charge in [0.15, 0.2) is 0 Å². The smallest absolute Gasteiger partial charge is 0.444 e. The molecule has 1 fully saturated rings. The highest BCUT2D eigenvalue weighted by molar-refractivity contribution is 5.90. The Morgan fingerprint density at radius 2 is 1.56 bits per heavy atom. The zero-order valence-electron chi connectivity index (χ0n) is 23.5. The minimum absolute atomic E-state index is 0.106. The van der Waals surface area contributed by atoms with Gasteiger partial charge >= 0.3 is 12.5 Å². The summed E-state index contributed by atoms with van der Waals surface area (Å²) in [5, 5.41) is 6.06. The number of benzene rings is 2. The van der Waals surface area contributed by atoms with Crippen LogP contribution in [0.15, 0.2) is 42.5 Å². The van der Waals surface area contributed by atoms with Gasteiger partial charge in [0.1, 0.15) is 11.4 Å². The van der Waals surface area contributed by atoms with Gasteiger partial charge in [0, 0.05) is 17.4 Å². The fourth-order valence-corrected chi connectivity index (χ4v) is 5.90. The maximum Gasteiger partial charge on any atom is 0.573 e. The lowest BCUT2D eigenvalue weighted by Gasteiger charge is -2.45. The van der Waals surface area contributed by atoms with E-state index < -0.39 is 18.1 Å². The zero-order chi connectivity index (χ0) is 28.8. The van der Waals surface area contributed by atoms with Gasteiger partial charge in [-0.1, -0.05) is 27.7 Å². The standard InChI is InChI=1S/C29H37F3N4O3/c1-26(2,3)39-25(37)34-19-10-13-23-22(14-19)35-24(33-18-8-11-21(12-9-18)38-29(30,31)32)36(23)20-15-27(4,5)17-28(6,7)16-20/h8-14,20H,15-17H2,1-7H3,(H,33,35)(H,34,37). The summed E-state index contributed by atoms with van der Waals surface area (Å²) in [5.41, 5.74) is 2.26. The van der Waals surface area contributed by atoms with Gasteiger partial charge in [-0.2, -0.15) is 0 Å². The number of aromatic nitrogens is 2. The highest BCUT2D eigenvalue weighted by Crippen LogP contribution is 2.51. The second-order valence-corrected chi connectivity index (χ2v) is 12.9. The van der Waals surface area contributed by atoms with Crippen molar-refractivity contribution < 1.29 is 27.4 Å². The number of ether oxygens (including phenoxy) is 2. The fraction of sp³-hybridized carbons (Fsp3) is 0.517. The van der Waals surface area contributed by atoms with Crippen molar-refractivity contribution in [3.8, 4) is 5.75 Å². The van der Waals surface area contributed by atoms with Crippen molar-refractivity contribution >= 4 is 34.4 Å². The van der Waals surface area contributed by atoms with E-state index in [9.17, 15) is 18.0 Å². The SMILES string of the molecule is CC1(C)CC(n2c(Nc3ccc(OC(F)(F)F)cc3)nc3cc(NC(=O)OC(C)(C)C)ccc32)CC(C)(C)C1. The maximum atomic E-state index is 12.6. The summed E-state index contributed by atoms with van der Waals surface area (Å²) in [6.07, 6.45) is -2.35. The molecule has 10 heteroatoms. The topological polar surface area (TPSA) is 77.4 Å². The van der Waals surface area contributed by atoms with Crippen molar-refractivity contribution in [3.05, 3.63) is 42.5 Å². The lowest BCUT2D eigenvalue weighted by molar-refractivity contribution is -0.274. The van der Waals surface area contributed by atoms with Crippen LogP contribution in [-0.2, 0) is 4.74 Å². The van der Waals surface area contributed by atoms with Gasteiger partial charge in [-0.05, 0) is 93.3 Å². The van der Waals surface area contributed by atoms with E-state index in [2.05, 4.69) is 47.6 Å². The summed E-state index contributed by atoms with van der Waals surface area (Å²) in [6, 6.07) is 11.2. The number of fused-ring (bicyclic) bond motifs is 1. The van der Waals surface area contributed by atoms with Crippen molar-refractivity contribution in [1.82, 2.24) is 9.55 Å². The second kappa shape index (κ2) is 9.95. The molecule has 1 heterocycles. The van der Waals surface area contributed by atoms with Crippen molar-refractivity contribution in [2.75, 3.05) is 10.6 Å². The largest absolute Gasteiger partial charge is 0.573 e. The number of amides is 1. The van der Waals surface area contributed by atoms with Gasteiger partial charge in [-0.25, -0.2) is 9.78 Å². The molecule has 1 amide bonds. The third kappa shape index (κ3) is 7.58. The number of hydrogen-bond donors (Lipinski definition) is 2. The number of carbonyl (C=O) groups excluding carboxylic acids is 1. The molecule has 1 aliphatic rings. The first kappa shape index (κ1) is 28.6. The Hall–Kier alpha value is -3.43. The molecule has 1 aliphatic carbocycles. The van der Waals surface area contributed by atoms with E-state index in [-0.39, 0.29) is 22.6 Å². The van der Waals surface area contributed by atoms with Crippen LogP contribution in [0.3, 0.4) is 0 Å². The minimum Gasteiger partial charge on any atom is -0.444 e. The van der Waals surface area contributed by atoms with E-state index in [1.54, 1.807) is 26.8 Å². The molecule has 0 spiro atoms. The second-order valence-electron chi connectivity index (χ2n) is 12.9. The molecule has 0 atom stereocenters. The summed E-state index contributed by atoms with van der Waals surface area (Å²) < 4.78 is 49.3. The Balaban J connectivity index is 1.71. The molecular formula is C29H37F3N4O3. The van der Waals surface area contributed by atoms with Crippen molar-refractivity contribution in [2.45, 2.75) is 85.7 Å². The van der Waals surface area contributed by atoms with Gasteiger partial charge in [-0.3, -0.25) is 5.32 Å². The Bertz CT molecular complexity index is 1320. The lowest BCUT2D eigenvalue weighted by atomic mass is 9.63. The van der Waals surface area contributed by atoms with Gasteiger partial charge in [0.25, 0.3) is 0 Å². The summed E-state index contributed by atoms with van der Waals surface area (Å²) in [7, 11) is 0. The van der Waals surface area contributed by atoms with Crippen LogP contribution in [0.5, 0.6) is 5.75 Å². The van der Waals surface area contributed by atoms with Crippen LogP contribution in [0.25, 0.3) is 11.0 Å². The predicted molar refractivity (Wildman–Crippen MR) is 146 cm³/mol. The molecule has 0 saturated heterocycles. The fourth-order valence-electron chi connectivity index (χ4n) is 5.90. The molecule has 7 nitrogen and oxygen atoms in total. The highest BCUT2D eigenvalue weighted by atomic mass is 19.4. The number of anilines is 3. The molecule has 2 N–H and O–H groups in total. The van der Waals surface area contributed by atoms with Crippen LogP contribution >= 0.6 is 0 Å². The maximum absolute atomic E-state index is 12.6. The third-order valence-electron chi connectivity index (χ3n) is 6.58. The minimum atomic E-state index is -4.76. The Kier molecular flexibility index (Phi) is 7.29. The van der Waals surface area contributed by atoms with E-state index in [1.165, 1.54) is 24.3 Å². The van der Waals surface area contributed by atoms with Crippen LogP contribution in [0, 0.1) is 10.8 Å². The highest BCUT2D eigenvalue weighted by Gasteiger charge is 2.40. The van der Waals surface area contributed by atoms with Gasteiger partial charge in [0.05, 0.1) is 11.0 Å². The number of alkyl halides is 3. The first-order chi connectivity index (χ1) is 17.9. The van der Waals surface area contributed by atoms with Crippen molar-refractivity contribution in [2.24, 2.45) is 10.8 Å². The lowest BCUT2D eigenvalue weighted by Crippen LogP contribution is -2.35. The average molecular weight is 547 g/mol. The molecule has 3 aromatic rings. The number of imidazole rings is 1. The van der Waals surface area contributed by atoms with Gasteiger partial charge < -0.3 is 19.4 Å². The molecular weight excluding hydrogens is 509 g/mol. The Labute approximate surface area is 227 Å². The first-order valence-corrected chi connectivity index (χ1v) is 13.0. The van der Waals surface area contributed by atoms with Crippen molar-refractivity contribution in [3.63, 3.8) is 0 Å². The molecule has 212 valence electrons. The Morgan fingerprint density at radius 1 is 0.974 bits per heavy atom. The number of nitrogens with one attached hydrogen (secondary N) is 2. The van der Waals surface area contributed by atoms with Crippen LogP contribution in [-0.4, -0.2) is 27.6 Å². The summed E-state index contributed by atoms with van der Waals surface area (Å²) in [5.74, 6) is 0.276. The normalized spacial score (nSPS) is 17.6. The number of carbonyl (C=O) groups is 1. The number of hydrogen-bond acceptors (Lipinski definition) is 5. The molecule has 0 unspecified atom stereocenters. The van der Waals surface area contributed by atoms with E-state index in [4.69, 9.17) is 9.72 Å². The van der Waals surface area contributed by atoms with Crippen LogP contribution < -0.4 is 15.4 Å². The monoisotopic (exact) mass is 546 g/mol. The molecule has 39 heavy (non-hydrogen) atoms. The van der Waals surface area contributed by atoms with E-state index in [0.717, 1.165) is 24.8 Å². The molecule has 1 saturated carbocycles. The number of nitrogens with zero attached hydrogens (tertiary/aromatic N) is 2. The van der Waals surface area contributed by atoms with E-state index in [0.29, 0.717) is 22.8 Å². The van der Waals surface area contributed by atoms with Gasteiger partial charge in [-0.15, -0.1) is 13.2 Å². The quantitative estimate of drug-likeness (QED) is 0.334. The average Bonchev–Trinajstić information content (AvgIpc) is 3.07. The molecule has 2 aromatic carbocycles. The predicted octanol–water partition coefficient (Wildman–Crippen LogP) is 8.80. The summed E-state index contributed by atoms with van der Waals surface area (Å²) in [4.78, 5) is 17.2.